The highest BCUT2D eigenvalue weighted by Crippen LogP contribution is 2.39. The minimum Gasteiger partial charge on any atom is -0.477 e. The van der Waals surface area contributed by atoms with Crippen LogP contribution in [0.2, 0.25) is 0 Å². The summed E-state index contributed by atoms with van der Waals surface area (Å²) in [5.41, 5.74) is 0. The van der Waals surface area contributed by atoms with Gasteiger partial charge in [0.25, 0.3) is 5.79 Å². The fourth-order valence-corrected chi connectivity index (χ4v) is 11.9. The molecule has 0 aromatic rings. The third-order valence-electron chi connectivity index (χ3n) is 17.3. The molecule has 3 aliphatic heterocycles. The van der Waals surface area contributed by atoms with E-state index in [0.717, 1.165) is 51.9 Å². The van der Waals surface area contributed by atoms with Gasteiger partial charge < -0.3 is 100 Å². The molecule has 14 N–H and O–H groups in total. The van der Waals surface area contributed by atoms with Crippen molar-refractivity contribution < 1.29 is 104 Å². The van der Waals surface area contributed by atoms with Gasteiger partial charge in [0.1, 0.15) is 67.1 Å². The summed E-state index contributed by atoms with van der Waals surface area (Å²) in [5.74, 6) is -6.09. The molecular formula is C63H118N2O21. The number of hydrogen-bond acceptors (Lipinski definition) is 20. The molecule has 23 nitrogen and oxygen atoms in total. The topological polar surface area (TPSA) is 373 Å². The molecule has 0 aliphatic carbocycles. The maximum absolute atomic E-state index is 13.4. The normalized spacial score (nSPS) is 29.3. The molecule has 3 heterocycles. The highest BCUT2D eigenvalue weighted by atomic mass is 16.8. The first-order chi connectivity index (χ1) is 41.4. The Kier molecular flexibility index (Phi) is 40.9. The largest absolute Gasteiger partial charge is 0.477 e. The number of rotatable bonds is 50. The van der Waals surface area contributed by atoms with E-state index in [0.29, 0.717) is 19.3 Å². The maximum Gasteiger partial charge on any atom is 0.364 e. The van der Waals surface area contributed by atoms with E-state index < -0.39 is 148 Å². The van der Waals surface area contributed by atoms with Crippen LogP contribution in [-0.4, -0.2) is 215 Å². The monoisotopic (exact) mass is 1240 g/mol. The fourth-order valence-electron chi connectivity index (χ4n) is 11.9. The molecule has 0 saturated carbocycles. The zero-order chi connectivity index (χ0) is 63.3. The summed E-state index contributed by atoms with van der Waals surface area (Å²) < 4.78 is 34.8. The molecule has 3 fully saturated rings. The van der Waals surface area contributed by atoms with Gasteiger partial charge in [-0.2, -0.15) is 0 Å². The molecule has 86 heavy (non-hydrogen) atoms. The average Bonchev–Trinajstić information content (AvgIpc) is 2.74. The van der Waals surface area contributed by atoms with Crippen LogP contribution in [0.3, 0.4) is 0 Å². The standard InChI is InChI=1S/C63H118N2O21/c1-4-6-8-10-12-14-16-18-19-20-21-22-23-25-27-29-31-33-35-37-50(73)65-44(45(70)36-34-32-30-28-26-24-17-15-13-11-9-7-5-2)42-81-60-55(77)54(76)57(49(41-68)83-60)84-61-56(78)59(53(75)48(40-67)82-61)86-63(62(79)80)38-46(71)51(64-43(3)69)58(85-63)52(74)47(72)39-66/h44-49,51-61,66-68,70-72,74-78H,4-42H2,1-3H3,(H,64,69)(H,65,73)(H,79,80)/t44?,45?,46-,47?,48+,49+,51+,52?,53-,54+,55+,56+,57+,58?,59-,60+,61-,63-/m0/s1. The molecule has 506 valence electrons. The predicted molar refractivity (Wildman–Crippen MR) is 320 cm³/mol. The summed E-state index contributed by atoms with van der Waals surface area (Å²) in [6, 6.07) is -2.52. The van der Waals surface area contributed by atoms with Gasteiger partial charge in [0.2, 0.25) is 11.8 Å². The van der Waals surface area contributed by atoms with E-state index in [-0.39, 0.29) is 18.9 Å². The Labute approximate surface area is 512 Å². The number of nitrogens with one attached hydrogen (secondary N) is 2. The van der Waals surface area contributed by atoms with Gasteiger partial charge >= 0.3 is 5.97 Å². The maximum atomic E-state index is 13.4. The van der Waals surface area contributed by atoms with Crippen LogP contribution in [0.25, 0.3) is 0 Å². The van der Waals surface area contributed by atoms with Crippen molar-refractivity contribution in [3.8, 4) is 0 Å². The Morgan fingerprint density at radius 1 is 0.558 bits per heavy atom. The third-order valence-corrected chi connectivity index (χ3v) is 17.3. The molecule has 2 amide bonds. The van der Waals surface area contributed by atoms with Gasteiger partial charge in [-0.25, -0.2) is 4.79 Å². The zero-order valence-electron chi connectivity index (χ0n) is 52.4. The van der Waals surface area contributed by atoms with Gasteiger partial charge in [0.05, 0.1) is 50.7 Å². The smallest absolute Gasteiger partial charge is 0.364 e. The number of aliphatic carboxylic acids is 1. The predicted octanol–water partition coefficient (Wildman–Crippen LogP) is 4.95. The Bertz CT molecular complexity index is 1760. The minimum absolute atomic E-state index is 0.229. The summed E-state index contributed by atoms with van der Waals surface area (Å²) in [6.45, 7) is 2.20. The van der Waals surface area contributed by atoms with Crippen LogP contribution in [-0.2, 0) is 42.8 Å². The highest BCUT2D eigenvalue weighted by Gasteiger charge is 2.60. The van der Waals surface area contributed by atoms with Crippen molar-refractivity contribution in [2.24, 2.45) is 0 Å². The molecule has 23 heteroatoms. The first kappa shape index (κ1) is 78.0. The van der Waals surface area contributed by atoms with Gasteiger partial charge in [0.15, 0.2) is 12.6 Å². The van der Waals surface area contributed by atoms with E-state index >= 15 is 0 Å². The lowest BCUT2D eigenvalue weighted by Crippen LogP contribution is -2.70. The second-order valence-electron chi connectivity index (χ2n) is 24.7. The molecule has 5 unspecified atom stereocenters. The number of unbranched alkanes of at least 4 members (excludes halogenated alkanes) is 30. The Morgan fingerprint density at radius 3 is 1.45 bits per heavy atom. The Balaban J connectivity index is 1.60. The van der Waals surface area contributed by atoms with E-state index in [1.165, 1.54) is 148 Å². The van der Waals surface area contributed by atoms with Crippen LogP contribution in [0.15, 0.2) is 0 Å². The summed E-state index contributed by atoms with van der Waals surface area (Å²) in [7, 11) is 0. The molecule has 0 aromatic carbocycles. The quantitative estimate of drug-likeness (QED) is 0.0358. The van der Waals surface area contributed by atoms with Crippen molar-refractivity contribution in [2.75, 3.05) is 26.4 Å². The molecule has 3 aliphatic rings. The van der Waals surface area contributed by atoms with Gasteiger partial charge in [-0.1, -0.05) is 213 Å². The van der Waals surface area contributed by atoms with E-state index in [1.807, 2.05) is 0 Å². The minimum atomic E-state index is -3.08. The number of carbonyl (C=O) groups excluding carboxylic acids is 2. The lowest BCUT2D eigenvalue weighted by atomic mass is 9.88. The summed E-state index contributed by atoms with van der Waals surface area (Å²) in [4.78, 5) is 38.5. The Hall–Kier alpha value is -2.27. The molecular weight excluding hydrogens is 1120 g/mol. The van der Waals surface area contributed by atoms with Crippen molar-refractivity contribution in [1.82, 2.24) is 10.6 Å². The summed E-state index contributed by atoms with van der Waals surface area (Å²) in [6.07, 6.45) is 9.71. The van der Waals surface area contributed by atoms with Crippen LogP contribution in [0, 0.1) is 0 Å². The zero-order valence-corrected chi connectivity index (χ0v) is 52.4. The highest BCUT2D eigenvalue weighted by molar-refractivity contribution is 5.77. The molecule has 3 rings (SSSR count). The van der Waals surface area contributed by atoms with Crippen molar-refractivity contribution in [3.63, 3.8) is 0 Å². The molecule has 3 saturated heterocycles. The van der Waals surface area contributed by atoms with E-state index in [4.69, 9.17) is 28.4 Å². The summed E-state index contributed by atoms with van der Waals surface area (Å²) >= 11 is 0. The molecule has 0 aromatic heterocycles. The first-order valence-corrected chi connectivity index (χ1v) is 33.4. The van der Waals surface area contributed by atoms with Crippen LogP contribution in [0.5, 0.6) is 0 Å². The number of hydrogen-bond donors (Lipinski definition) is 14. The first-order valence-electron chi connectivity index (χ1n) is 33.4. The SMILES string of the molecule is CCCCCCCCCCCCCCCCCCCCCC(=O)NC(CO[C@@H]1O[C@H](CO)[C@@H](O[C@@H]2O[C@H](CO)[C@H](O)[C@H](O[C@]3(C(=O)O)C[C@H](O)[C@@H](NC(C)=O)C(C(O)C(O)CO)O3)[C@H]2O)[C@H](O)[C@H]1O)C(O)CCCCCCCCCCCCCCC. The molecule has 0 bridgehead atoms. The van der Waals surface area contributed by atoms with Crippen molar-refractivity contribution in [2.45, 2.75) is 355 Å². The van der Waals surface area contributed by atoms with Crippen molar-refractivity contribution in [3.05, 3.63) is 0 Å². The van der Waals surface area contributed by atoms with E-state index in [1.54, 1.807) is 0 Å². The second kappa shape index (κ2) is 45.1. The lowest BCUT2D eigenvalue weighted by Gasteiger charge is -2.50. The summed E-state index contributed by atoms with van der Waals surface area (Å²) in [5, 5.41) is 136. The van der Waals surface area contributed by atoms with Gasteiger partial charge in [-0.05, 0) is 12.8 Å². The van der Waals surface area contributed by atoms with Gasteiger partial charge in [-0.15, -0.1) is 0 Å². The number of ether oxygens (including phenoxy) is 6. The number of carboxylic acids is 1. The molecule has 0 radical (unpaired) electrons. The van der Waals surface area contributed by atoms with Crippen LogP contribution in [0.4, 0.5) is 0 Å². The van der Waals surface area contributed by atoms with Gasteiger partial charge in [0, 0.05) is 19.8 Å². The van der Waals surface area contributed by atoms with Crippen LogP contribution in [0.1, 0.15) is 245 Å². The Morgan fingerprint density at radius 2 is 1.01 bits per heavy atom. The second-order valence-corrected chi connectivity index (χ2v) is 24.7. The number of aliphatic hydroxyl groups is 11. The van der Waals surface area contributed by atoms with Crippen molar-refractivity contribution >= 4 is 17.8 Å². The average molecular weight is 1240 g/mol. The van der Waals surface area contributed by atoms with Gasteiger partial charge in [-0.3, -0.25) is 9.59 Å². The lowest BCUT2D eigenvalue weighted by molar-refractivity contribution is -0.386. The van der Waals surface area contributed by atoms with Crippen LogP contribution < -0.4 is 10.6 Å². The fraction of sp³-hybridized carbons (Fsp3) is 0.952. The van der Waals surface area contributed by atoms with Crippen molar-refractivity contribution in [1.29, 1.82) is 0 Å². The van der Waals surface area contributed by atoms with E-state index in [2.05, 4.69) is 24.5 Å². The molecule has 18 atom stereocenters. The number of carboxylic acid groups (broad SMARTS) is 1. The van der Waals surface area contributed by atoms with E-state index in [9.17, 15) is 75.7 Å². The molecule has 0 spiro atoms. The van der Waals surface area contributed by atoms with Crippen LogP contribution >= 0.6 is 0 Å². The number of carbonyl (C=O) groups is 3. The number of amides is 2. The third kappa shape index (κ3) is 28.1. The number of aliphatic hydroxyl groups excluding tert-OH is 11.